The van der Waals surface area contributed by atoms with Crippen molar-refractivity contribution in [3.63, 3.8) is 0 Å². The lowest BCUT2D eigenvalue weighted by Crippen LogP contribution is -2.43. The number of hydrogen-bond donors (Lipinski definition) is 3. The molecule has 0 bridgehead atoms. The van der Waals surface area contributed by atoms with E-state index in [2.05, 4.69) is 47.0 Å². The summed E-state index contributed by atoms with van der Waals surface area (Å²) in [4.78, 5) is 29.9. The molecule has 3 aliphatic carbocycles. The van der Waals surface area contributed by atoms with Gasteiger partial charge in [-0.3, -0.25) is 14.6 Å². The van der Waals surface area contributed by atoms with Crippen molar-refractivity contribution < 1.29 is 9.59 Å². The van der Waals surface area contributed by atoms with Crippen molar-refractivity contribution >= 4 is 17.5 Å². The number of amides is 2. The Bertz CT molecular complexity index is 1320. The topological polar surface area (TPSA) is 97.1 Å². The van der Waals surface area contributed by atoms with E-state index in [0.717, 1.165) is 73.8 Å². The van der Waals surface area contributed by atoms with Crippen molar-refractivity contribution in [2.24, 2.45) is 17.6 Å². The molecule has 0 atom stereocenters. The molecule has 6 heteroatoms. The van der Waals surface area contributed by atoms with Crippen LogP contribution in [0.25, 0.3) is 22.4 Å². The minimum absolute atomic E-state index is 0.0205. The van der Waals surface area contributed by atoms with Crippen molar-refractivity contribution in [2.75, 3.05) is 5.32 Å². The fourth-order valence-electron chi connectivity index (χ4n) is 6.06. The quantitative estimate of drug-likeness (QED) is 0.330. The lowest BCUT2D eigenvalue weighted by atomic mass is 9.72. The zero-order chi connectivity index (χ0) is 26.8. The molecule has 0 spiro atoms. The van der Waals surface area contributed by atoms with Crippen LogP contribution in [0, 0.1) is 11.8 Å². The summed E-state index contributed by atoms with van der Waals surface area (Å²) in [6.07, 6.45) is 11.4. The van der Waals surface area contributed by atoms with E-state index in [-0.39, 0.29) is 29.3 Å². The maximum absolute atomic E-state index is 13.0. The van der Waals surface area contributed by atoms with Gasteiger partial charge in [-0.1, -0.05) is 54.6 Å². The third kappa shape index (κ3) is 5.91. The zero-order valence-corrected chi connectivity index (χ0v) is 22.5. The summed E-state index contributed by atoms with van der Waals surface area (Å²) in [6, 6.07) is 21.0. The predicted molar refractivity (Wildman–Crippen MR) is 155 cm³/mol. The molecule has 6 rings (SSSR count). The molecule has 0 saturated heterocycles. The first kappa shape index (κ1) is 25.8. The molecule has 6 nitrogen and oxygen atoms in total. The van der Waals surface area contributed by atoms with Gasteiger partial charge in [0.15, 0.2) is 0 Å². The number of hydrogen-bond acceptors (Lipinski definition) is 4. The predicted octanol–water partition coefficient (Wildman–Crippen LogP) is 6.17. The minimum Gasteiger partial charge on any atom is -0.353 e. The van der Waals surface area contributed by atoms with Crippen LogP contribution in [-0.2, 0) is 15.1 Å². The van der Waals surface area contributed by atoms with E-state index in [1.165, 1.54) is 12.0 Å². The highest BCUT2D eigenvalue weighted by molar-refractivity contribution is 5.93. The Balaban J connectivity index is 1.13. The highest BCUT2D eigenvalue weighted by Gasteiger charge is 2.34. The number of nitrogens with one attached hydrogen (secondary N) is 2. The van der Waals surface area contributed by atoms with Gasteiger partial charge in [0.1, 0.15) is 0 Å². The molecule has 3 aliphatic rings. The molecule has 3 saturated carbocycles. The third-order valence-corrected chi connectivity index (χ3v) is 8.85. The highest BCUT2D eigenvalue weighted by atomic mass is 16.2. The van der Waals surface area contributed by atoms with Crippen LogP contribution in [0.4, 0.5) is 5.69 Å². The smallest absolute Gasteiger partial charge is 0.224 e. The van der Waals surface area contributed by atoms with Gasteiger partial charge in [0, 0.05) is 35.0 Å². The second kappa shape index (κ2) is 10.9. The van der Waals surface area contributed by atoms with E-state index in [0.29, 0.717) is 18.0 Å². The lowest BCUT2D eigenvalue weighted by molar-refractivity contribution is -0.123. The van der Waals surface area contributed by atoms with Crippen molar-refractivity contribution in [3.05, 3.63) is 72.4 Å². The van der Waals surface area contributed by atoms with Crippen molar-refractivity contribution in [1.29, 1.82) is 0 Å². The van der Waals surface area contributed by atoms with Crippen molar-refractivity contribution in [2.45, 2.75) is 75.8 Å². The first-order chi connectivity index (χ1) is 19.0. The van der Waals surface area contributed by atoms with Gasteiger partial charge in [-0.25, -0.2) is 0 Å². The summed E-state index contributed by atoms with van der Waals surface area (Å²) < 4.78 is 0. The van der Waals surface area contributed by atoms with Gasteiger partial charge in [-0.05, 0) is 80.9 Å². The standard InChI is InChI=1S/C33H38N4O2/c34-33(17-4-18-33)26-13-11-24(12-14-26)31-29(23-5-2-1-3-6-23)20-28(21-35-31)36-30(38)19-22-7-15-27(16-8-22)37-32(39)25-9-10-25/h1-3,5-6,11-14,20-22,25,27H,4,7-10,15-19,34H2,(H,36,38)(H,37,39)/t22-,27-. The SMILES string of the molecule is NC1(c2ccc(-c3ncc(NC(=O)C[C@H]4CC[C@H](NC(=O)C5CC5)CC4)cc3-c3ccccc3)cc2)CCC1. The van der Waals surface area contributed by atoms with E-state index >= 15 is 0 Å². The van der Waals surface area contributed by atoms with E-state index in [9.17, 15) is 9.59 Å². The minimum atomic E-state index is -0.188. The van der Waals surface area contributed by atoms with Crippen LogP contribution in [0.15, 0.2) is 66.9 Å². The summed E-state index contributed by atoms with van der Waals surface area (Å²) in [5.74, 6) is 0.838. The molecular formula is C33H38N4O2. The zero-order valence-electron chi connectivity index (χ0n) is 22.5. The van der Waals surface area contributed by atoms with Gasteiger partial charge in [-0.2, -0.15) is 0 Å². The fourth-order valence-corrected chi connectivity index (χ4v) is 6.06. The highest BCUT2D eigenvalue weighted by Crippen LogP contribution is 2.40. The summed E-state index contributed by atoms with van der Waals surface area (Å²) in [7, 11) is 0. The lowest BCUT2D eigenvalue weighted by Gasteiger charge is -2.38. The number of carbonyl (C=O) groups excluding carboxylic acids is 2. The van der Waals surface area contributed by atoms with Gasteiger partial charge in [-0.15, -0.1) is 0 Å². The molecule has 2 aromatic carbocycles. The van der Waals surface area contributed by atoms with E-state index in [4.69, 9.17) is 10.7 Å². The van der Waals surface area contributed by atoms with Crippen LogP contribution in [0.5, 0.6) is 0 Å². The summed E-state index contributed by atoms with van der Waals surface area (Å²) in [5, 5.41) is 6.30. The number of nitrogens with two attached hydrogens (primary N) is 1. The monoisotopic (exact) mass is 522 g/mol. The normalized spacial score (nSPS) is 22.0. The van der Waals surface area contributed by atoms with Crippen LogP contribution in [0.1, 0.15) is 69.8 Å². The summed E-state index contributed by atoms with van der Waals surface area (Å²) in [5.41, 5.74) is 12.2. The maximum atomic E-state index is 13.0. The van der Waals surface area contributed by atoms with Gasteiger partial charge in [0.05, 0.1) is 17.6 Å². The largest absolute Gasteiger partial charge is 0.353 e. The average molecular weight is 523 g/mol. The fraction of sp³-hybridized carbons (Fsp3) is 0.424. The van der Waals surface area contributed by atoms with E-state index in [1.54, 1.807) is 6.20 Å². The molecule has 3 fully saturated rings. The Hall–Kier alpha value is -3.51. The molecule has 4 N–H and O–H groups in total. The summed E-state index contributed by atoms with van der Waals surface area (Å²) in [6.45, 7) is 0. The van der Waals surface area contributed by atoms with Gasteiger partial charge < -0.3 is 16.4 Å². The molecule has 0 aliphatic heterocycles. The molecule has 1 aromatic heterocycles. The average Bonchev–Trinajstić information content (AvgIpc) is 3.79. The molecule has 3 aromatic rings. The molecule has 202 valence electrons. The Morgan fingerprint density at radius 2 is 1.62 bits per heavy atom. The van der Waals surface area contributed by atoms with Crippen molar-refractivity contribution in [3.8, 4) is 22.4 Å². The van der Waals surface area contributed by atoms with Crippen LogP contribution in [-0.4, -0.2) is 22.8 Å². The Kier molecular flexibility index (Phi) is 7.22. The number of aromatic nitrogens is 1. The molecule has 39 heavy (non-hydrogen) atoms. The Labute approximate surface area is 230 Å². The second-order valence-corrected chi connectivity index (χ2v) is 11.8. The Morgan fingerprint density at radius 3 is 2.26 bits per heavy atom. The summed E-state index contributed by atoms with van der Waals surface area (Å²) >= 11 is 0. The van der Waals surface area contributed by atoms with E-state index in [1.807, 2.05) is 24.3 Å². The van der Waals surface area contributed by atoms with Gasteiger partial charge >= 0.3 is 0 Å². The van der Waals surface area contributed by atoms with Gasteiger partial charge in [0.25, 0.3) is 0 Å². The first-order valence-electron chi connectivity index (χ1n) is 14.5. The van der Waals surface area contributed by atoms with E-state index < -0.39 is 0 Å². The number of rotatable bonds is 8. The van der Waals surface area contributed by atoms with Crippen LogP contribution < -0.4 is 16.4 Å². The third-order valence-electron chi connectivity index (χ3n) is 8.85. The maximum Gasteiger partial charge on any atom is 0.224 e. The number of pyridine rings is 1. The van der Waals surface area contributed by atoms with Crippen LogP contribution in [0.3, 0.4) is 0 Å². The Morgan fingerprint density at radius 1 is 0.897 bits per heavy atom. The molecule has 2 amide bonds. The van der Waals surface area contributed by atoms with Gasteiger partial charge in [0.2, 0.25) is 11.8 Å². The number of nitrogens with zero attached hydrogens (tertiary/aromatic N) is 1. The molecule has 1 heterocycles. The second-order valence-electron chi connectivity index (χ2n) is 11.8. The van der Waals surface area contributed by atoms with Crippen LogP contribution in [0.2, 0.25) is 0 Å². The van der Waals surface area contributed by atoms with Crippen LogP contribution >= 0.6 is 0 Å². The number of carbonyl (C=O) groups is 2. The first-order valence-corrected chi connectivity index (χ1v) is 14.5. The van der Waals surface area contributed by atoms with Crippen molar-refractivity contribution in [1.82, 2.24) is 10.3 Å². The molecular weight excluding hydrogens is 484 g/mol. The molecule has 0 unspecified atom stereocenters. The number of benzene rings is 2. The number of anilines is 1. The molecule has 0 radical (unpaired) electrons.